The van der Waals surface area contributed by atoms with Crippen LogP contribution in [0.15, 0.2) is 24.3 Å². The van der Waals surface area contributed by atoms with Crippen molar-refractivity contribution in [1.29, 1.82) is 0 Å². The molecule has 25 heavy (non-hydrogen) atoms. The highest BCUT2D eigenvalue weighted by Gasteiger charge is 2.28. The van der Waals surface area contributed by atoms with Gasteiger partial charge in [-0.1, -0.05) is 13.0 Å². The Bertz CT molecular complexity index is 793. The number of piperazine rings is 1. The molecule has 132 valence electrons. The van der Waals surface area contributed by atoms with Crippen LogP contribution in [0.4, 0.5) is 17.5 Å². The van der Waals surface area contributed by atoms with E-state index in [1.807, 2.05) is 36.1 Å². The lowest BCUT2D eigenvalue weighted by atomic mass is 10.1. The Morgan fingerprint density at radius 3 is 2.76 bits per heavy atom. The van der Waals surface area contributed by atoms with Gasteiger partial charge in [0.15, 0.2) is 0 Å². The van der Waals surface area contributed by atoms with E-state index in [9.17, 15) is 4.79 Å². The average molecular weight is 341 g/mol. The number of nitrogen functional groups attached to an aromatic ring is 1. The van der Waals surface area contributed by atoms with Crippen LogP contribution < -0.4 is 20.3 Å². The van der Waals surface area contributed by atoms with Gasteiger partial charge in [-0.2, -0.15) is 4.98 Å². The van der Waals surface area contributed by atoms with E-state index in [1.54, 1.807) is 12.0 Å². The molecule has 0 unspecified atom stereocenters. The van der Waals surface area contributed by atoms with Gasteiger partial charge in [-0.25, -0.2) is 4.98 Å². The molecule has 0 saturated carbocycles. The Balaban J connectivity index is 1.84. The van der Waals surface area contributed by atoms with Crippen molar-refractivity contribution >= 4 is 23.4 Å². The number of nitrogens with zero attached hydrogens (tertiary/aromatic N) is 4. The van der Waals surface area contributed by atoms with Crippen molar-refractivity contribution in [2.45, 2.75) is 20.3 Å². The number of benzene rings is 1. The molecule has 2 heterocycles. The second-order valence-electron chi connectivity index (χ2n) is 5.99. The number of aromatic nitrogens is 2. The first-order chi connectivity index (χ1) is 12.0. The monoisotopic (exact) mass is 341 g/mol. The maximum Gasteiger partial charge on any atom is 0.246 e. The number of hydrogen-bond donors (Lipinski definition) is 1. The summed E-state index contributed by atoms with van der Waals surface area (Å²) in [5, 5.41) is 0. The number of methoxy groups -OCH3 is 1. The minimum atomic E-state index is 0.0244. The van der Waals surface area contributed by atoms with Gasteiger partial charge in [-0.3, -0.25) is 4.79 Å². The van der Waals surface area contributed by atoms with E-state index >= 15 is 0 Å². The average Bonchev–Trinajstić information content (AvgIpc) is 2.61. The van der Waals surface area contributed by atoms with Crippen LogP contribution in [0.1, 0.15) is 18.2 Å². The van der Waals surface area contributed by atoms with Crippen LogP contribution in [0, 0.1) is 6.92 Å². The minimum Gasteiger partial charge on any atom is -0.497 e. The van der Waals surface area contributed by atoms with E-state index < -0.39 is 0 Å². The zero-order valence-corrected chi connectivity index (χ0v) is 14.8. The molecule has 1 saturated heterocycles. The van der Waals surface area contributed by atoms with E-state index in [-0.39, 0.29) is 18.4 Å². The molecule has 1 fully saturated rings. The van der Waals surface area contributed by atoms with Gasteiger partial charge in [-0.05, 0) is 25.5 Å². The van der Waals surface area contributed by atoms with Crippen molar-refractivity contribution < 1.29 is 9.53 Å². The standard InChI is InChI=1S/C18H23N5O2/c1-4-15-12(2)20-18(19)21-17(15)22-8-9-23(16(24)11-22)13-6-5-7-14(10-13)25-3/h5-7,10H,4,8-9,11H2,1-3H3,(H2,19,20,21). The van der Waals surface area contributed by atoms with Crippen molar-refractivity contribution in [2.75, 3.05) is 42.3 Å². The highest BCUT2D eigenvalue weighted by Crippen LogP contribution is 2.27. The molecule has 1 amide bonds. The predicted octanol–water partition coefficient (Wildman–Crippen LogP) is 1.79. The smallest absolute Gasteiger partial charge is 0.246 e. The molecule has 1 aliphatic heterocycles. The van der Waals surface area contributed by atoms with Crippen LogP contribution in [0.25, 0.3) is 0 Å². The first-order valence-corrected chi connectivity index (χ1v) is 8.35. The fourth-order valence-corrected chi connectivity index (χ4v) is 3.18. The van der Waals surface area contributed by atoms with Crippen LogP contribution in [-0.2, 0) is 11.2 Å². The molecular formula is C18H23N5O2. The third kappa shape index (κ3) is 3.35. The zero-order valence-electron chi connectivity index (χ0n) is 14.8. The van der Waals surface area contributed by atoms with Gasteiger partial charge >= 0.3 is 0 Å². The lowest BCUT2D eigenvalue weighted by Crippen LogP contribution is -2.51. The van der Waals surface area contributed by atoms with Gasteiger partial charge in [0.2, 0.25) is 11.9 Å². The highest BCUT2D eigenvalue weighted by atomic mass is 16.5. The number of rotatable bonds is 4. The number of anilines is 3. The van der Waals surface area contributed by atoms with E-state index in [2.05, 4.69) is 16.9 Å². The summed E-state index contributed by atoms with van der Waals surface area (Å²) in [6.45, 7) is 5.51. The third-order valence-electron chi connectivity index (χ3n) is 4.45. The molecule has 1 aliphatic rings. The summed E-state index contributed by atoms with van der Waals surface area (Å²) in [6, 6.07) is 7.54. The summed E-state index contributed by atoms with van der Waals surface area (Å²) < 4.78 is 5.25. The molecule has 7 heteroatoms. The molecule has 0 bridgehead atoms. The first-order valence-electron chi connectivity index (χ1n) is 8.35. The van der Waals surface area contributed by atoms with Gasteiger partial charge in [0.05, 0.1) is 13.7 Å². The van der Waals surface area contributed by atoms with Crippen LogP contribution in [0.5, 0.6) is 5.75 Å². The molecule has 2 aromatic rings. The van der Waals surface area contributed by atoms with E-state index in [0.29, 0.717) is 13.1 Å². The number of amides is 1. The second kappa shape index (κ2) is 6.96. The SMILES string of the molecule is CCc1c(C)nc(N)nc1N1CCN(c2cccc(OC)c2)C(=O)C1. The van der Waals surface area contributed by atoms with Gasteiger partial charge in [0.1, 0.15) is 11.6 Å². The number of hydrogen-bond acceptors (Lipinski definition) is 6. The molecule has 1 aromatic carbocycles. The molecule has 0 atom stereocenters. The summed E-state index contributed by atoms with van der Waals surface area (Å²) in [6.07, 6.45) is 0.797. The Morgan fingerprint density at radius 1 is 1.28 bits per heavy atom. The fourth-order valence-electron chi connectivity index (χ4n) is 3.18. The van der Waals surface area contributed by atoms with Crippen molar-refractivity contribution in [1.82, 2.24) is 9.97 Å². The van der Waals surface area contributed by atoms with Gasteiger partial charge in [0.25, 0.3) is 0 Å². The van der Waals surface area contributed by atoms with Crippen LogP contribution in [0.3, 0.4) is 0 Å². The minimum absolute atomic E-state index is 0.0244. The lowest BCUT2D eigenvalue weighted by molar-refractivity contribution is -0.117. The summed E-state index contributed by atoms with van der Waals surface area (Å²) in [7, 11) is 1.62. The van der Waals surface area contributed by atoms with Gasteiger partial charge in [0, 0.05) is 36.1 Å². The van der Waals surface area contributed by atoms with Gasteiger partial charge < -0.3 is 20.3 Å². The quantitative estimate of drug-likeness (QED) is 0.913. The highest BCUT2D eigenvalue weighted by molar-refractivity contribution is 5.97. The van der Waals surface area contributed by atoms with E-state index in [0.717, 1.165) is 34.9 Å². The topological polar surface area (TPSA) is 84.6 Å². The summed E-state index contributed by atoms with van der Waals surface area (Å²) in [5.41, 5.74) is 8.57. The summed E-state index contributed by atoms with van der Waals surface area (Å²) >= 11 is 0. The summed E-state index contributed by atoms with van der Waals surface area (Å²) in [4.78, 5) is 25.1. The molecule has 2 N–H and O–H groups in total. The Labute approximate surface area is 147 Å². The van der Waals surface area contributed by atoms with Crippen molar-refractivity contribution in [3.05, 3.63) is 35.5 Å². The lowest BCUT2D eigenvalue weighted by Gasteiger charge is -2.36. The molecule has 3 rings (SSSR count). The van der Waals surface area contributed by atoms with Gasteiger partial charge in [-0.15, -0.1) is 0 Å². The molecule has 0 aliphatic carbocycles. The largest absolute Gasteiger partial charge is 0.497 e. The molecule has 0 spiro atoms. The number of nitrogens with two attached hydrogens (primary N) is 1. The van der Waals surface area contributed by atoms with E-state index in [4.69, 9.17) is 10.5 Å². The first kappa shape index (κ1) is 17.0. The van der Waals surface area contributed by atoms with E-state index in [1.165, 1.54) is 0 Å². The van der Waals surface area contributed by atoms with Crippen molar-refractivity contribution in [3.8, 4) is 5.75 Å². The number of carbonyl (C=O) groups excluding carboxylic acids is 1. The molecule has 1 aromatic heterocycles. The third-order valence-corrected chi connectivity index (χ3v) is 4.45. The number of aryl methyl sites for hydroxylation is 1. The Kier molecular flexibility index (Phi) is 4.74. The molecular weight excluding hydrogens is 318 g/mol. The number of carbonyl (C=O) groups is 1. The maximum absolute atomic E-state index is 12.7. The molecule has 0 radical (unpaired) electrons. The summed E-state index contributed by atoms with van der Waals surface area (Å²) in [5.74, 6) is 1.77. The fraction of sp³-hybridized carbons (Fsp3) is 0.389. The Hall–Kier alpha value is -2.83. The normalized spacial score (nSPS) is 14.8. The maximum atomic E-state index is 12.7. The molecule has 7 nitrogen and oxygen atoms in total. The Morgan fingerprint density at radius 2 is 2.08 bits per heavy atom. The zero-order chi connectivity index (χ0) is 18.0. The van der Waals surface area contributed by atoms with Crippen LogP contribution in [-0.4, -0.2) is 42.6 Å². The van der Waals surface area contributed by atoms with Crippen molar-refractivity contribution in [2.24, 2.45) is 0 Å². The van der Waals surface area contributed by atoms with Crippen molar-refractivity contribution in [3.63, 3.8) is 0 Å². The number of ether oxygens (including phenoxy) is 1. The predicted molar refractivity (Wildman–Crippen MR) is 98.1 cm³/mol. The second-order valence-corrected chi connectivity index (χ2v) is 5.99. The van der Waals surface area contributed by atoms with Crippen LogP contribution >= 0.6 is 0 Å². The van der Waals surface area contributed by atoms with Crippen LogP contribution in [0.2, 0.25) is 0 Å².